The average Bonchev–Trinajstić information content (AvgIpc) is 3.58. The van der Waals surface area contributed by atoms with Crippen LogP contribution in [0, 0.1) is 23.7 Å². The lowest BCUT2D eigenvalue weighted by Crippen LogP contribution is -2.74. The second-order valence-electron chi connectivity index (χ2n) is 11.5. The fourth-order valence-corrected chi connectivity index (χ4v) is 6.77. The van der Waals surface area contributed by atoms with Crippen LogP contribution in [-0.4, -0.2) is 86.7 Å². The van der Waals surface area contributed by atoms with Gasteiger partial charge in [0.05, 0.1) is 29.9 Å². The van der Waals surface area contributed by atoms with E-state index in [0.29, 0.717) is 35.3 Å². The Kier molecular flexibility index (Phi) is 6.01. The van der Waals surface area contributed by atoms with Gasteiger partial charge in [0.25, 0.3) is 5.91 Å². The molecule has 0 bridgehead atoms. The van der Waals surface area contributed by atoms with Crippen LogP contribution in [0.1, 0.15) is 29.3 Å². The lowest BCUT2D eigenvalue weighted by molar-refractivity contribution is -0.156. The molecule has 4 aromatic rings. The maximum Gasteiger partial charge on any atom is 0.253 e. The SMILES string of the molecule is Cc1ccc(-c2nc(N(C)c3c4cc(N5CC6(CN(C(=O)C(O)CO)C6)C5)cnc4nn3C3CC3)sc2C#N)cc1. The number of hydrogen-bond donors (Lipinski definition) is 2. The zero-order valence-electron chi connectivity index (χ0n) is 22.9. The van der Waals surface area contributed by atoms with Gasteiger partial charge in [-0.05, 0) is 25.8 Å². The van der Waals surface area contributed by atoms with Crippen LogP contribution in [0.3, 0.4) is 0 Å². The number of thiazole rings is 1. The summed E-state index contributed by atoms with van der Waals surface area (Å²) in [5.41, 5.74) is 4.43. The van der Waals surface area contributed by atoms with Crippen LogP contribution < -0.4 is 9.80 Å². The van der Waals surface area contributed by atoms with Crippen molar-refractivity contribution in [2.75, 3.05) is 49.6 Å². The molecule has 1 aromatic carbocycles. The van der Waals surface area contributed by atoms with Crippen molar-refractivity contribution >= 4 is 44.9 Å². The molecule has 2 aliphatic heterocycles. The van der Waals surface area contributed by atoms with Gasteiger partial charge in [-0.15, -0.1) is 0 Å². The second-order valence-corrected chi connectivity index (χ2v) is 12.5. The van der Waals surface area contributed by atoms with Gasteiger partial charge >= 0.3 is 0 Å². The number of amides is 1. The summed E-state index contributed by atoms with van der Waals surface area (Å²) in [6.45, 7) is 4.22. The second kappa shape index (κ2) is 9.51. The molecule has 11 nitrogen and oxygen atoms in total. The summed E-state index contributed by atoms with van der Waals surface area (Å²) in [5, 5.41) is 35.1. The van der Waals surface area contributed by atoms with Crippen molar-refractivity contribution in [3.05, 3.63) is 47.0 Å². The monoisotopic (exact) mass is 570 g/mol. The van der Waals surface area contributed by atoms with E-state index in [9.17, 15) is 15.2 Å². The molecule has 41 heavy (non-hydrogen) atoms. The number of fused-ring (bicyclic) bond motifs is 1. The largest absolute Gasteiger partial charge is 0.393 e. The lowest BCUT2D eigenvalue weighted by atomic mass is 9.72. The van der Waals surface area contributed by atoms with Crippen molar-refractivity contribution in [2.45, 2.75) is 31.9 Å². The van der Waals surface area contributed by atoms with Crippen molar-refractivity contribution in [2.24, 2.45) is 5.41 Å². The first-order valence-corrected chi connectivity index (χ1v) is 14.5. The highest BCUT2D eigenvalue weighted by molar-refractivity contribution is 7.16. The van der Waals surface area contributed by atoms with Crippen molar-refractivity contribution in [1.29, 1.82) is 5.26 Å². The van der Waals surface area contributed by atoms with E-state index in [-0.39, 0.29) is 5.41 Å². The summed E-state index contributed by atoms with van der Waals surface area (Å²) in [6, 6.07) is 12.8. The molecule has 12 heteroatoms. The molecular weight excluding hydrogens is 540 g/mol. The van der Waals surface area contributed by atoms with Crippen molar-refractivity contribution < 1.29 is 15.0 Å². The van der Waals surface area contributed by atoms with Gasteiger partial charge in [-0.25, -0.2) is 14.6 Å². The quantitative estimate of drug-likeness (QED) is 0.344. The van der Waals surface area contributed by atoms with Crippen LogP contribution in [-0.2, 0) is 4.79 Å². The van der Waals surface area contributed by atoms with E-state index < -0.39 is 18.6 Å². The highest BCUT2D eigenvalue weighted by Gasteiger charge is 2.54. The fourth-order valence-electron chi connectivity index (χ4n) is 5.92. The summed E-state index contributed by atoms with van der Waals surface area (Å²) in [7, 11) is 1.97. The first-order valence-electron chi connectivity index (χ1n) is 13.7. The molecule has 2 saturated heterocycles. The Bertz CT molecular complexity index is 1690. The third-order valence-electron chi connectivity index (χ3n) is 8.29. The molecule has 5 heterocycles. The summed E-state index contributed by atoms with van der Waals surface area (Å²) in [5.74, 6) is 0.506. The van der Waals surface area contributed by atoms with E-state index in [2.05, 4.69) is 21.7 Å². The predicted octanol–water partition coefficient (Wildman–Crippen LogP) is 2.84. The van der Waals surface area contributed by atoms with Crippen molar-refractivity contribution in [3.8, 4) is 17.3 Å². The minimum Gasteiger partial charge on any atom is -0.393 e. The highest BCUT2D eigenvalue weighted by Crippen LogP contribution is 2.46. The maximum absolute atomic E-state index is 12.2. The van der Waals surface area contributed by atoms with Gasteiger partial charge in [0.2, 0.25) is 0 Å². The third kappa shape index (κ3) is 4.32. The molecule has 210 valence electrons. The number of aliphatic hydroxyl groups excluding tert-OH is 2. The first-order chi connectivity index (χ1) is 19.8. The van der Waals surface area contributed by atoms with Crippen LogP contribution in [0.15, 0.2) is 36.5 Å². The van der Waals surface area contributed by atoms with E-state index in [1.165, 1.54) is 11.3 Å². The molecule has 1 aliphatic carbocycles. The van der Waals surface area contributed by atoms with Crippen LogP contribution in [0.5, 0.6) is 0 Å². The molecular formula is C29H30N8O3S. The topological polar surface area (TPSA) is 135 Å². The molecule has 1 unspecified atom stereocenters. The normalized spacial score (nSPS) is 18.2. The number of pyridine rings is 1. The first kappa shape index (κ1) is 25.9. The minimum atomic E-state index is -1.34. The van der Waals surface area contributed by atoms with E-state index in [4.69, 9.17) is 20.2 Å². The molecule has 3 aromatic heterocycles. The van der Waals surface area contributed by atoms with Crippen LogP contribution in [0.4, 0.5) is 16.6 Å². The Labute approximate surface area is 240 Å². The number of carbonyl (C=O) groups excluding carboxylic acids is 1. The van der Waals surface area contributed by atoms with Gasteiger partial charge in [0, 0.05) is 44.2 Å². The van der Waals surface area contributed by atoms with E-state index in [1.807, 2.05) is 49.3 Å². The molecule has 1 amide bonds. The van der Waals surface area contributed by atoms with Gasteiger partial charge in [0.1, 0.15) is 22.5 Å². The molecule has 7 rings (SSSR count). The Balaban J connectivity index is 1.17. The van der Waals surface area contributed by atoms with Crippen LogP contribution in [0.25, 0.3) is 22.3 Å². The standard InChI is InChI=1S/C29H30N8O3S/c1-17-3-5-18(6-4-17)24-23(10-30)41-28(32-24)34(2)26-21-9-20(11-31-25(21)33-37(26)19-7-8-19)35-13-29(14-35)15-36(16-29)27(40)22(39)12-38/h3-6,9,11,19,22,38-39H,7-8,12-16H2,1-2H3. The molecule has 2 N–H and O–H groups in total. The molecule has 1 saturated carbocycles. The zero-order valence-corrected chi connectivity index (χ0v) is 23.7. The molecule has 3 aliphatic rings. The van der Waals surface area contributed by atoms with Gasteiger partial charge in [-0.1, -0.05) is 41.2 Å². The number of nitriles is 1. The van der Waals surface area contributed by atoms with Gasteiger partial charge in [-0.2, -0.15) is 10.4 Å². The number of anilines is 3. The van der Waals surface area contributed by atoms with Gasteiger partial charge < -0.3 is 24.9 Å². The Hall–Kier alpha value is -4.05. The maximum atomic E-state index is 12.2. The van der Waals surface area contributed by atoms with Crippen molar-refractivity contribution in [1.82, 2.24) is 24.6 Å². The Morgan fingerprint density at radius 2 is 1.98 bits per heavy atom. The zero-order chi connectivity index (χ0) is 28.5. The summed E-state index contributed by atoms with van der Waals surface area (Å²) >= 11 is 1.37. The Morgan fingerprint density at radius 1 is 1.24 bits per heavy atom. The molecule has 0 radical (unpaired) electrons. The van der Waals surface area contributed by atoms with Gasteiger partial charge in [-0.3, -0.25) is 4.79 Å². The van der Waals surface area contributed by atoms with Crippen LogP contribution >= 0.6 is 11.3 Å². The number of aryl methyl sites for hydroxylation is 1. The van der Waals surface area contributed by atoms with E-state index >= 15 is 0 Å². The molecule has 1 atom stereocenters. The van der Waals surface area contributed by atoms with Crippen LogP contribution in [0.2, 0.25) is 0 Å². The number of carbonyl (C=O) groups is 1. The number of nitrogens with zero attached hydrogens (tertiary/aromatic N) is 8. The number of aliphatic hydroxyl groups is 2. The Morgan fingerprint density at radius 3 is 2.63 bits per heavy atom. The third-order valence-corrected chi connectivity index (χ3v) is 9.33. The smallest absolute Gasteiger partial charge is 0.253 e. The highest BCUT2D eigenvalue weighted by atomic mass is 32.1. The number of likely N-dealkylation sites (tertiary alicyclic amines) is 1. The van der Waals surface area contributed by atoms with Gasteiger partial charge in [0.15, 0.2) is 16.9 Å². The number of rotatable bonds is 7. The predicted molar refractivity (Wildman–Crippen MR) is 155 cm³/mol. The lowest BCUT2D eigenvalue weighted by Gasteiger charge is -2.61. The number of aromatic nitrogens is 4. The number of benzene rings is 1. The van der Waals surface area contributed by atoms with E-state index in [0.717, 1.165) is 59.1 Å². The summed E-state index contributed by atoms with van der Waals surface area (Å²) in [4.78, 5) is 28.3. The molecule has 1 spiro atoms. The average molecular weight is 571 g/mol. The minimum absolute atomic E-state index is 0.0125. The summed E-state index contributed by atoms with van der Waals surface area (Å²) in [6.07, 6.45) is 2.63. The van der Waals surface area contributed by atoms with Crippen molar-refractivity contribution in [3.63, 3.8) is 0 Å². The fraction of sp³-hybridized carbons (Fsp3) is 0.414. The number of hydrogen-bond acceptors (Lipinski definition) is 10. The van der Waals surface area contributed by atoms with E-state index in [1.54, 1.807) is 4.90 Å². The summed E-state index contributed by atoms with van der Waals surface area (Å²) < 4.78 is 2.06. The molecule has 3 fully saturated rings.